The van der Waals surface area contributed by atoms with Gasteiger partial charge in [0.1, 0.15) is 6.61 Å². The quantitative estimate of drug-likeness (QED) is 0.434. The monoisotopic (exact) mass is 114 g/mol. The highest BCUT2D eigenvalue weighted by atomic mass is 16.8. The average Bonchev–Trinajstić information content (AvgIpc) is 2.34. The minimum Gasteiger partial charge on any atom is -0.430 e. The van der Waals surface area contributed by atoms with Crippen LogP contribution < -0.4 is 0 Å². The Morgan fingerprint density at radius 1 is 1.50 bits per heavy atom. The summed E-state index contributed by atoms with van der Waals surface area (Å²) in [6.07, 6.45) is 1.47. The van der Waals surface area contributed by atoms with Crippen LogP contribution >= 0.6 is 0 Å². The predicted octanol–water partition coefficient (Wildman–Crippen LogP) is 0.686. The van der Waals surface area contributed by atoms with Crippen LogP contribution in [0.1, 0.15) is 12.8 Å². The third-order valence-electron chi connectivity index (χ3n) is 1.56. The first-order chi connectivity index (χ1) is 3.81. The molecule has 44 valence electrons. The van der Waals surface area contributed by atoms with Crippen molar-refractivity contribution in [2.24, 2.45) is 0 Å². The van der Waals surface area contributed by atoms with Gasteiger partial charge in [-0.1, -0.05) is 0 Å². The van der Waals surface area contributed by atoms with E-state index in [1.165, 1.54) is 0 Å². The van der Waals surface area contributed by atoms with Crippen LogP contribution in [0.25, 0.3) is 0 Å². The number of hydrogen-bond donors (Lipinski definition) is 0. The highest BCUT2D eigenvalue weighted by Crippen LogP contribution is 2.43. The first-order valence-electron chi connectivity index (χ1n) is 2.67. The van der Waals surface area contributed by atoms with Crippen LogP contribution in [-0.2, 0) is 9.47 Å². The largest absolute Gasteiger partial charge is 0.509 e. The molecule has 3 heteroatoms. The fourth-order valence-electron chi connectivity index (χ4n) is 0.812. The molecular weight excluding hydrogens is 108 g/mol. The number of rotatable bonds is 0. The maximum Gasteiger partial charge on any atom is 0.509 e. The SMILES string of the molecule is O=C1OCC2(CC2)O1. The fraction of sp³-hybridized carbons (Fsp3) is 0.800. The van der Waals surface area contributed by atoms with Crippen molar-refractivity contribution in [1.82, 2.24) is 0 Å². The normalized spacial score (nSPS) is 29.8. The van der Waals surface area contributed by atoms with E-state index in [9.17, 15) is 4.79 Å². The summed E-state index contributed by atoms with van der Waals surface area (Å²) in [6, 6.07) is 0. The van der Waals surface area contributed by atoms with Gasteiger partial charge in [0.25, 0.3) is 0 Å². The van der Waals surface area contributed by atoms with E-state index in [0.717, 1.165) is 12.8 Å². The van der Waals surface area contributed by atoms with Gasteiger partial charge in [-0.2, -0.15) is 0 Å². The van der Waals surface area contributed by atoms with Crippen LogP contribution in [0.3, 0.4) is 0 Å². The van der Waals surface area contributed by atoms with E-state index in [1.807, 2.05) is 0 Å². The number of carbonyl (C=O) groups is 1. The van der Waals surface area contributed by atoms with Gasteiger partial charge >= 0.3 is 6.16 Å². The molecule has 0 amide bonds. The Morgan fingerprint density at radius 2 is 2.25 bits per heavy atom. The van der Waals surface area contributed by atoms with Gasteiger partial charge in [0.05, 0.1) is 0 Å². The second-order valence-electron chi connectivity index (χ2n) is 2.32. The first-order valence-corrected chi connectivity index (χ1v) is 2.67. The van der Waals surface area contributed by atoms with Crippen molar-refractivity contribution in [2.75, 3.05) is 6.61 Å². The van der Waals surface area contributed by atoms with Crippen LogP contribution in [0.4, 0.5) is 4.79 Å². The van der Waals surface area contributed by atoms with Crippen LogP contribution in [0.15, 0.2) is 0 Å². The first kappa shape index (κ1) is 4.18. The summed E-state index contributed by atoms with van der Waals surface area (Å²) in [4.78, 5) is 10.3. The van der Waals surface area contributed by atoms with Gasteiger partial charge in [-0.15, -0.1) is 0 Å². The minimum atomic E-state index is -0.498. The number of cyclic esters (lactones) is 1. The molecule has 0 aromatic heterocycles. The standard InChI is InChI=1S/C5H6O3/c6-4-7-3-5(8-4)1-2-5/h1-3H2. The zero-order valence-electron chi connectivity index (χ0n) is 4.35. The van der Waals surface area contributed by atoms with Gasteiger partial charge in [0.15, 0.2) is 5.60 Å². The van der Waals surface area contributed by atoms with E-state index >= 15 is 0 Å². The number of carbonyl (C=O) groups excluding carboxylic acids is 1. The third-order valence-corrected chi connectivity index (χ3v) is 1.56. The lowest BCUT2D eigenvalue weighted by Gasteiger charge is -1.95. The average molecular weight is 114 g/mol. The van der Waals surface area contributed by atoms with Crippen LogP contribution in [0.2, 0.25) is 0 Å². The summed E-state index contributed by atoms with van der Waals surface area (Å²) in [5.41, 5.74) is -0.156. The van der Waals surface area contributed by atoms with Crippen molar-refractivity contribution < 1.29 is 14.3 Å². The Morgan fingerprint density at radius 3 is 2.50 bits per heavy atom. The molecule has 0 atom stereocenters. The molecule has 0 unspecified atom stereocenters. The topological polar surface area (TPSA) is 35.5 Å². The van der Waals surface area contributed by atoms with Crippen molar-refractivity contribution in [3.63, 3.8) is 0 Å². The molecule has 0 N–H and O–H groups in total. The van der Waals surface area contributed by atoms with E-state index in [4.69, 9.17) is 4.74 Å². The fourth-order valence-corrected chi connectivity index (χ4v) is 0.812. The highest BCUT2D eigenvalue weighted by molar-refractivity contribution is 5.63. The summed E-state index contributed by atoms with van der Waals surface area (Å²) in [7, 11) is 0. The molecule has 1 aliphatic heterocycles. The highest BCUT2D eigenvalue weighted by Gasteiger charge is 2.52. The van der Waals surface area contributed by atoms with Crippen molar-refractivity contribution in [3.8, 4) is 0 Å². The van der Waals surface area contributed by atoms with Gasteiger partial charge in [0.2, 0.25) is 0 Å². The van der Waals surface area contributed by atoms with E-state index in [2.05, 4.69) is 4.74 Å². The van der Waals surface area contributed by atoms with Gasteiger partial charge in [-0.25, -0.2) is 4.79 Å². The van der Waals surface area contributed by atoms with Crippen LogP contribution in [0.5, 0.6) is 0 Å². The summed E-state index contributed by atoms with van der Waals surface area (Å²) in [6.45, 7) is 0.478. The predicted molar refractivity (Wildman–Crippen MR) is 24.4 cm³/mol. The zero-order valence-corrected chi connectivity index (χ0v) is 4.35. The Labute approximate surface area is 46.6 Å². The molecule has 1 saturated carbocycles. The smallest absolute Gasteiger partial charge is 0.430 e. The molecular formula is C5H6O3. The minimum absolute atomic E-state index is 0.156. The lowest BCUT2D eigenvalue weighted by molar-refractivity contribution is 0.112. The molecule has 3 nitrogen and oxygen atoms in total. The molecule has 2 fully saturated rings. The Bertz CT molecular complexity index is 137. The van der Waals surface area contributed by atoms with Crippen molar-refractivity contribution in [2.45, 2.75) is 18.4 Å². The van der Waals surface area contributed by atoms with Crippen molar-refractivity contribution in [3.05, 3.63) is 0 Å². The second kappa shape index (κ2) is 0.989. The van der Waals surface area contributed by atoms with Crippen molar-refractivity contribution >= 4 is 6.16 Å². The molecule has 1 aliphatic carbocycles. The van der Waals surface area contributed by atoms with Crippen LogP contribution in [-0.4, -0.2) is 18.4 Å². The molecule has 0 aromatic carbocycles. The van der Waals surface area contributed by atoms with Gasteiger partial charge in [0, 0.05) is 0 Å². The molecule has 2 aliphatic rings. The number of hydrogen-bond acceptors (Lipinski definition) is 3. The molecule has 1 spiro atoms. The number of ether oxygens (including phenoxy) is 2. The molecule has 2 rings (SSSR count). The van der Waals surface area contributed by atoms with Gasteiger partial charge in [-0.05, 0) is 12.8 Å². The summed E-state index contributed by atoms with van der Waals surface area (Å²) < 4.78 is 9.37. The Balaban J connectivity index is 2.13. The lowest BCUT2D eigenvalue weighted by Crippen LogP contribution is -2.08. The summed E-state index contributed by atoms with van der Waals surface area (Å²) in [5.74, 6) is 0. The summed E-state index contributed by atoms with van der Waals surface area (Å²) in [5, 5.41) is 0. The summed E-state index contributed by atoms with van der Waals surface area (Å²) >= 11 is 0. The van der Waals surface area contributed by atoms with Gasteiger partial charge in [-0.3, -0.25) is 0 Å². The Hall–Kier alpha value is -0.730. The van der Waals surface area contributed by atoms with Gasteiger partial charge < -0.3 is 9.47 Å². The van der Waals surface area contributed by atoms with E-state index in [1.54, 1.807) is 0 Å². The zero-order chi connectivity index (χ0) is 5.61. The van der Waals surface area contributed by atoms with Crippen molar-refractivity contribution in [1.29, 1.82) is 0 Å². The van der Waals surface area contributed by atoms with E-state index < -0.39 is 6.16 Å². The van der Waals surface area contributed by atoms with E-state index in [-0.39, 0.29) is 5.60 Å². The molecule has 0 bridgehead atoms. The maximum absolute atomic E-state index is 10.3. The Kier molecular flexibility index (Phi) is 0.517. The second-order valence-corrected chi connectivity index (χ2v) is 2.32. The lowest BCUT2D eigenvalue weighted by atomic mass is 10.4. The molecule has 0 aromatic rings. The molecule has 0 radical (unpaired) electrons. The maximum atomic E-state index is 10.3. The molecule has 1 saturated heterocycles. The third kappa shape index (κ3) is 0.412. The molecule has 8 heavy (non-hydrogen) atoms. The van der Waals surface area contributed by atoms with Crippen LogP contribution in [0, 0.1) is 0 Å². The van der Waals surface area contributed by atoms with E-state index in [0.29, 0.717) is 6.61 Å². The molecule has 1 heterocycles.